The van der Waals surface area contributed by atoms with E-state index in [1.165, 1.54) is 6.20 Å². The third kappa shape index (κ3) is 3.65. The molecule has 0 aliphatic carbocycles. The molecule has 0 radical (unpaired) electrons. The van der Waals surface area contributed by atoms with Gasteiger partial charge in [-0.25, -0.2) is 4.98 Å². The largest absolute Gasteiger partial charge is 0.481 e. The molecular weight excluding hydrogens is 194 g/mol. The minimum absolute atomic E-state index is 0.0417. The lowest BCUT2D eigenvalue weighted by atomic mass is 10.2. The van der Waals surface area contributed by atoms with Gasteiger partial charge >= 0.3 is 5.97 Å². The molecule has 0 bridgehead atoms. The third-order valence-corrected chi connectivity index (χ3v) is 1.77. The van der Waals surface area contributed by atoms with Gasteiger partial charge in [-0.3, -0.25) is 4.79 Å². The van der Waals surface area contributed by atoms with E-state index in [-0.39, 0.29) is 12.5 Å². The highest BCUT2D eigenvalue weighted by Gasteiger charge is 2.06. The number of hydrogen-bond donors (Lipinski definition) is 2. The number of anilines is 1. The van der Waals surface area contributed by atoms with Crippen molar-refractivity contribution in [2.24, 2.45) is 0 Å². The van der Waals surface area contributed by atoms with Gasteiger partial charge in [0.1, 0.15) is 11.8 Å². The predicted octanol–water partition coefficient (Wildman–Crippen LogP) is 1.23. The highest BCUT2D eigenvalue weighted by atomic mass is 16.4. The summed E-state index contributed by atoms with van der Waals surface area (Å²) in [6.07, 6.45) is 1.55. The maximum absolute atomic E-state index is 10.4. The van der Waals surface area contributed by atoms with Gasteiger partial charge in [0.2, 0.25) is 0 Å². The first kappa shape index (κ1) is 11.0. The van der Waals surface area contributed by atoms with Gasteiger partial charge in [0.15, 0.2) is 0 Å². The SMILES string of the molecule is CC(CC(=O)O)Nc1ccc(C#N)nc1. The molecule has 1 unspecified atom stereocenters. The van der Waals surface area contributed by atoms with Crippen LogP contribution in [0.2, 0.25) is 0 Å². The molecule has 0 aliphatic heterocycles. The van der Waals surface area contributed by atoms with E-state index < -0.39 is 5.97 Å². The lowest BCUT2D eigenvalue weighted by Crippen LogP contribution is -2.19. The Morgan fingerprint density at radius 2 is 2.47 bits per heavy atom. The van der Waals surface area contributed by atoms with Crippen LogP contribution in [0.25, 0.3) is 0 Å². The van der Waals surface area contributed by atoms with Crippen LogP contribution in [-0.2, 0) is 4.79 Å². The van der Waals surface area contributed by atoms with E-state index in [0.717, 1.165) is 0 Å². The molecular formula is C10H11N3O2. The average molecular weight is 205 g/mol. The third-order valence-electron chi connectivity index (χ3n) is 1.77. The monoisotopic (exact) mass is 205 g/mol. The number of nitrogens with one attached hydrogen (secondary N) is 1. The Morgan fingerprint density at radius 1 is 1.73 bits per heavy atom. The highest BCUT2D eigenvalue weighted by Crippen LogP contribution is 2.08. The molecule has 1 atom stereocenters. The fraction of sp³-hybridized carbons (Fsp3) is 0.300. The van der Waals surface area contributed by atoms with Crippen LogP contribution in [-0.4, -0.2) is 22.1 Å². The maximum atomic E-state index is 10.4. The molecule has 78 valence electrons. The van der Waals surface area contributed by atoms with Gasteiger partial charge in [-0.1, -0.05) is 0 Å². The minimum atomic E-state index is -0.850. The fourth-order valence-electron chi connectivity index (χ4n) is 1.14. The number of hydrogen-bond acceptors (Lipinski definition) is 4. The number of nitriles is 1. The van der Waals surface area contributed by atoms with Crippen molar-refractivity contribution in [3.8, 4) is 6.07 Å². The van der Waals surface area contributed by atoms with Crippen molar-refractivity contribution in [3.05, 3.63) is 24.0 Å². The van der Waals surface area contributed by atoms with E-state index >= 15 is 0 Å². The molecule has 0 aromatic carbocycles. The number of carboxylic acid groups (broad SMARTS) is 1. The van der Waals surface area contributed by atoms with Crippen LogP contribution in [0.1, 0.15) is 19.0 Å². The summed E-state index contributed by atoms with van der Waals surface area (Å²) in [5, 5.41) is 20.0. The van der Waals surface area contributed by atoms with Crippen LogP contribution in [0, 0.1) is 11.3 Å². The Hall–Kier alpha value is -2.09. The van der Waals surface area contributed by atoms with Crippen LogP contribution < -0.4 is 5.32 Å². The second kappa shape index (κ2) is 4.96. The summed E-state index contributed by atoms with van der Waals surface area (Å²) in [7, 11) is 0. The van der Waals surface area contributed by atoms with E-state index in [1.54, 1.807) is 19.1 Å². The van der Waals surface area contributed by atoms with E-state index in [2.05, 4.69) is 10.3 Å². The summed E-state index contributed by atoms with van der Waals surface area (Å²) < 4.78 is 0. The Kier molecular flexibility index (Phi) is 3.63. The standard InChI is InChI=1S/C10H11N3O2/c1-7(4-10(14)15)13-9-3-2-8(5-11)12-6-9/h2-3,6-7,13H,4H2,1H3,(H,14,15). The highest BCUT2D eigenvalue weighted by molar-refractivity contribution is 5.68. The van der Waals surface area contributed by atoms with Gasteiger partial charge in [0, 0.05) is 6.04 Å². The van der Waals surface area contributed by atoms with Crippen molar-refractivity contribution >= 4 is 11.7 Å². The zero-order chi connectivity index (χ0) is 11.3. The first-order chi connectivity index (χ1) is 7.11. The minimum Gasteiger partial charge on any atom is -0.481 e. The first-order valence-corrected chi connectivity index (χ1v) is 4.46. The van der Waals surface area contributed by atoms with E-state index in [0.29, 0.717) is 11.4 Å². The lowest BCUT2D eigenvalue weighted by molar-refractivity contribution is -0.137. The number of nitrogens with zero attached hydrogens (tertiary/aromatic N) is 2. The van der Waals surface area contributed by atoms with Crippen molar-refractivity contribution in [3.63, 3.8) is 0 Å². The van der Waals surface area contributed by atoms with Crippen LogP contribution >= 0.6 is 0 Å². The summed E-state index contributed by atoms with van der Waals surface area (Å²) >= 11 is 0. The van der Waals surface area contributed by atoms with Gasteiger partial charge in [0.25, 0.3) is 0 Å². The first-order valence-electron chi connectivity index (χ1n) is 4.46. The maximum Gasteiger partial charge on any atom is 0.305 e. The number of aromatic nitrogens is 1. The van der Waals surface area contributed by atoms with Crippen molar-refractivity contribution in [2.75, 3.05) is 5.32 Å². The normalized spacial score (nSPS) is 11.5. The van der Waals surface area contributed by atoms with Gasteiger partial charge in [0.05, 0.1) is 18.3 Å². The van der Waals surface area contributed by atoms with Gasteiger partial charge in [-0.2, -0.15) is 5.26 Å². The Morgan fingerprint density at radius 3 is 2.93 bits per heavy atom. The van der Waals surface area contributed by atoms with Crippen molar-refractivity contribution < 1.29 is 9.90 Å². The summed E-state index contributed by atoms with van der Waals surface area (Å²) in [6, 6.07) is 5.01. The van der Waals surface area contributed by atoms with Crippen LogP contribution in [0.5, 0.6) is 0 Å². The van der Waals surface area contributed by atoms with Crippen LogP contribution in [0.15, 0.2) is 18.3 Å². The molecule has 1 rings (SSSR count). The summed E-state index contributed by atoms with van der Waals surface area (Å²) in [5.74, 6) is -0.850. The molecule has 0 spiro atoms. The molecule has 0 saturated carbocycles. The predicted molar refractivity (Wildman–Crippen MR) is 54.3 cm³/mol. The second-order valence-electron chi connectivity index (χ2n) is 3.19. The zero-order valence-electron chi connectivity index (χ0n) is 8.27. The van der Waals surface area contributed by atoms with Crippen LogP contribution in [0.3, 0.4) is 0 Å². The van der Waals surface area contributed by atoms with Gasteiger partial charge < -0.3 is 10.4 Å². The molecule has 5 heteroatoms. The molecule has 0 amide bonds. The molecule has 1 aromatic heterocycles. The van der Waals surface area contributed by atoms with Gasteiger partial charge in [-0.15, -0.1) is 0 Å². The lowest BCUT2D eigenvalue weighted by Gasteiger charge is -2.12. The van der Waals surface area contributed by atoms with Gasteiger partial charge in [-0.05, 0) is 19.1 Å². The quantitative estimate of drug-likeness (QED) is 0.772. The molecule has 1 aromatic rings. The van der Waals surface area contributed by atoms with Crippen molar-refractivity contribution in [1.29, 1.82) is 5.26 Å². The molecule has 0 saturated heterocycles. The number of pyridine rings is 1. The van der Waals surface area contributed by atoms with Crippen LogP contribution in [0.4, 0.5) is 5.69 Å². The van der Waals surface area contributed by atoms with Crippen molar-refractivity contribution in [2.45, 2.75) is 19.4 Å². The second-order valence-corrected chi connectivity index (χ2v) is 3.19. The Bertz CT molecular complexity index is 381. The average Bonchev–Trinajstić information content (AvgIpc) is 2.17. The number of aliphatic carboxylic acids is 1. The Labute approximate surface area is 87.4 Å². The topological polar surface area (TPSA) is 86.0 Å². The molecule has 1 heterocycles. The van der Waals surface area contributed by atoms with E-state index in [4.69, 9.17) is 10.4 Å². The molecule has 0 fully saturated rings. The number of carboxylic acids is 1. The smallest absolute Gasteiger partial charge is 0.305 e. The summed E-state index contributed by atoms with van der Waals surface area (Å²) in [5.41, 5.74) is 1.05. The summed E-state index contributed by atoms with van der Waals surface area (Å²) in [4.78, 5) is 14.3. The van der Waals surface area contributed by atoms with E-state index in [1.807, 2.05) is 6.07 Å². The fourth-order valence-corrected chi connectivity index (χ4v) is 1.14. The Balaban J connectivity index is 2.58. The van der Waals surface area contributed by atoms with E-state index in [9.17, 15) is 4.79 Å². The summed E-state index contributed by atoms with van der Waals surface area (Å²) in [6.45, 7) is 1.77. The molecule has 0 aliphatic rings. The number of rotatable bonds is 4. The molecule has 5 nitrogen and oxygen atoms in total. The number of carbonyl (C=O) groups is 1. The molecule has 15 heavy (non-hydrogen) atoms. The zero-order valence-corrected chi connectivity index (χ0v) is 8.27. The molecule has 2 N–H and O–H groups in total. The van der Waals surface area contributed by atoms with Crippen molar-refractivity contribution in [1.82, 2.24) is 4.98 Å².